The molecular weight excluding hydrogens is 436 g/mol. The van der Waals surface area contributed by atoms with Crippen LogP contribution in [0.3, 0.4) is 0 Å². The molecule has 3 aromatic rings. The summed E-state index contributed by atoms with van der Waals surface area (Å²) in [5.74, 6) is 0.497. The predicted octanol–water partition coefficient (Wildman–Crippen LogP) is 3.52. The third-order valence-corrected chi connectivity index (χ3v) is 7.73. The molecule has 0 bridgehead atoms. The molecule has 0 atom stereocenters. The second-order valence-corrected chi connectivity index (χ2v) is 9.73. The van der Waals surface area contributed by atoms with Crippen LogP contribution in [-0.4, -0.2) is 63.1 Å². The molecule has 0 aliphatic carbocycles. The van der Waals surface area contributed by atoms with Crippen LogP contribution in [0.25, 0.3) is 11.0 Å². The van der Waals surface area contributed by atoms with Crippen LogP contribution in [0.15, 0.2) is 58.2 Å². The van der Waals surface area contributed by atoms with Crippen molar-refractivity contribution in [3.8, 4) is 0 Å². The fourth-order valence-corrected chi connectivity index (χ4v) is 5.85. The van der Waals surface area contributed by atoms with Gasteiger partial charge in [-0.15, -0.1) is 11.8 Å². The first-order chi connectivity index (χ1) is 16.1. The first-order valence-electron chi connectivity index (χ1n) is 11.6. The zero-order chi connectivity index (χ0) is 22.8. The normalized spacial score (nSPS) is 17.1. The van der Waals surface area contributed by atoms with Gasteiger partial charge in [-0.2, -0.15) is 0 Å². The molecule has 172 valence electrons. The van der Waals surface area contributed by atoms with Crippen LogP contribution in [-0.2, 0) is 4.79 Å². The van der Waals surface area contributed by atoms with Crippen molar-refractivity contribution in [2.45, 2.75) is 36.6 Å². The summed E-state index contributed by atoms with van der Waals surface area (Å²) in [5, 5.41) is 0. The highest BCUT2D eigenvalue weighted by Crippen LogP contribution is 2.29. The summed E-state index contributed by atoms with van der Waals surface area (Å²) in [7, 11) is 0. The molecule has 5 rings (SSSR count). The molecule has 0 saturated carbocycles. The SMILES string of the molecule is O=C(CSc1ccccc1C(=O)N1CCC(n2c(=O)[nH]c3ccccc32)CC1)N1CCCC1. The molecule has 0 unspecified atom stereocenters. The van der Waals surface area contributed by atoms with Gasteiger partial charge in [-0.3, -0.25) is 14.2 Å². The Kier molecular flexibility index (Phi) is 6.26. The largest absolute Gasteiger partial charge is 0.342 e. The zero-order valence-electron chi connectivity index (χ0n) is 18.5. The van der Waals surface area contributed by atoms with Gasteiger partial charge in [0.15, 0.2) is 0 Å². The number of piperidine rings is 1. The maximum atomic E-state index is 13.3. The molecule has 1 aromatic heterocycles. The van der Waals surface area contributed by atoms with Crippen molar-refractivity contribution in [1.82, 2.24) is 19.4 Å². The van der Waals surface area contributed by atoms with E-state index >= 15 is 0 Å². The molecule has 0 radical (unpaired) electrons. The summed E-state index contributed by atoms with van der Waals surface area (Å²) in [6.45, 7) is 2.88. The monoisotopic (exact) mass is 464 g/mol. The van der Waals surface area contributed by atoms with Crippen molar-refractivity contribution in [2.24, 2.45) is 0 Å². The minimum Gasteiger partial charge on any atom is -0.342 e. The molecule has 8 heteroatoms. The zero-order valence-corrected chi connectivity index (χ0v) is 19.4. The number of nitrogens with zero attached hydrogens (tertiary/aromatic N) is 3. The van der Waals surface area contributed by atoms with Crippen LogP contribution in [0.1, 0.15) is 42.1 Å². The lowest BCUT2D eigenvalue weighted by molar-refractivity contribution is -0.127. The number of carbonyl (C=O) groups is 2. The number of rotatable bonds is 5. The van der Waals surface area contributed by atoms with Crippen LogP contribution in [0.2, 0.25) is 0 Å². The standard InChI is InChI=1S/C25H28N4O3S/c30-23(27-13-5-6-14-27)17-33-22-10-4-1-7-19(22)24(31)28-15-11-18(12-16-28)29-21-9-3-2-8-20(21)26-25(29)32/h1-4,7-10,18H,5-6,11-17H2,(H,26,32). The van der Waals surface area contributed by atoms with Crippen molar-refractivity contribution in [2.75, 3.05) is 31.9 Å². The van der Waals surface area contributed by atoms with Crippen LogP contribution >= 0.6 is 11.8 Å². The van der Waals surface area contributed by atoms with Crippen molar-refractivity contribution in [3.63, 3.8) is 0 Å². The van der Waals surface area contributed by atoms with Gasteiger partial charge in [-0.1, -0.05) is 24.3 Å². The minimum absolute atomic E-state index is 0.00329. The molecule has 2 fully saturated rings. The van der Waals surface area contributed by atoms with E-state index in [1.807, 2.05) is 62.9 Å². The van der Waals surface area contributed by atoms with E-state index in [-0.39, 0.29) is 23.5 Å². The molecule has 2 amide bonds. The number of benzene rings is 2. The number of amides is 2. The Labute approximate surface area is 196 Å². The van der Waals surface area contributed by atoms with E-state index in [1.165, 1.54) is 11.8 Å². The molecule has 2 aliphatic heterocycles. The molecule has 2 aromatic carbocycles. The molecule has 3 heterocycles. The van der Waals surface area contributed by atoms with E-state index in [9.17, 15) is 14.4 Å². The summed E-state index contributed by atoms with van der Waals surface area (Å²) in [6, 6.07) is 15.4. The number of H-pyrrole nitrogens is 1. The second-order valence-electron chi connectivity index (χ2n) is 8.71. The van der Waals surface area contributed by atoms with Gasteiger partial charge in [-0.25, -0.2) is 4.79 Å². The number of likely N-dealkylation sites (tertiary alicyclic amines) is 2. The minimum atomic E-state index is -0.0922. The van der Waals surface area contributed by atoms with Crippen molar-refractivity contribution in [3.05, 3.63) is 64.6 Å². The van der Waals surface area contributed by atoms with Gasteiger partial charge in [0, 0.05) is 37.1 Å². The predicted molar refractivity (Wildman–Crippen MR) is 130 cm³/mol. The van der Waals surface area contributed by atoms with Crippen molar-refractivity contribution in [1.29, 1.82) is 0 Å². The number of hydrogen-bond acceptors (Lipinski definition) is 4. The first-order valence-corrected chi connectivity index (χ1v) is 12.6. The number of aromatic nitrogens is 2. The fourth-order valence-electron chi connectivity index (χ4n) is 4.90. The van der Waals surface area contributed by atoms with Gasteiger partial charge in [0.05, 0.1) is 22.3 Å². The molecule has 2 aliphatic rings. The number of fused-ring (bicyclic) bond motifs is 1. The third-order valence-electron chi connectivity index (χ3n) is 6.67. The smallest absolute Gasteiger partial charge is 0.326 e. The van der Waals surface area contributed by atoms with Gasteiger partial charge in [-0.05, 0) is 49.9 Å². The molecule has 2 saturated heterocycles. The summed E-state index contributed by atoms with van der Waals surface area (Å²) in [6.07, 6.45) is 3.62. The van der Waals surface area contributed by atoms with Gasteiger partial charge < -0.3 is 14.8 Å². The number of carbonyl (C=O) groups excluding carboxylic acids is 2. The highest BCUT2D eigenvalue weighted by atomic mass is 32.2. The van der Waals surface area contributed by atoms with E-state index < -0.39 is 0 Å². The Morgan fingerprint density at radius 2 is 1.61 bits per heavy atom. The van der Waals surface area contributed by atoms with Crippen LogP contribution < -0.4 is 5.69 Å². The third kappa shape index (κ3) is 4.44. The number of imidazole rings is 1. The summed E-state index contributed by atoms with van der Waals surface area (Å²) in [5.41, 5.74) is 2.32. The lowest BCUT2D eigenvalue weighted by Gasteiger charge is -2.33. The highest BCUT2D eigenvalue weighted by Gasteiger charge is 2.28. The van der Waals surface area contributed by atoms with Gasteiger partial charge >= 0.3 is 5.69 Å². The Balaban J connectivity index is 1.25. The van der Waals surface area contributed by atoms with Gasteiger partial charge in [0.2, 0.25) is 5.91 Å². The maximum absolute atomic E-state index is 13.3. The van der Waals surface area contributed by atoms with E-state index in [0.29, 0.717) is 24.4 Å². The number of thioether (sulfide) groups is 1. The Morgan fingerprint density at radius 1 is 0.909 bits per heavy atom. The highest BCUT2D eigenvalue weighted by molar-refractivity contribution is 8.00. The van der Waals surface area contributed by atoms with E-state index in [4.69, 9.17) is 0 Å². The summed E-state index contributed by atoms with van der Waals surface area (Å²) in [4.78, 5) is 45.9. The van der Waals surface area contributed by atoms with E-state index in [2.05, 4.69) is 4.98 Å². The Bertz CT molecular complexity index is 1220. The van der Waals surface area contributed by atoms with Gasteiger partial charge in [0.25, 0.3) is 5.91 Å². The second kappa shape index (κ2) is 9.47. The van der Waals surface area contributed by atoms with Crippen molar-refractivity contribution < 1.29 is 9.59 Å². The van der Waals surface area contributed by atoms with Crippen LogP contribution in [0.5, 0.6) is 0 Å². The van der Waals surface area contributed by atoms with Gasteiger partial charge in [0.1, 0.15) is 0 Å². The van der Waals surface area contributed by atoms with Crippen LogP contribution in [0, 0.1) is 0 Å². The number of para-hydroxylation sites is 2. The molecule has 0 spiro atoms. The summed E-state index contributed by atoms with van der Waals surface area (Å²) < 4.78 is 1.84. The van der Waals surface area contributed by atoms with E-state index in [1.54, 1.807) is 0 Å². The number of nitrogens with one attached hydrogen (secondary N) is 1. The van der Waals surface area contributed by atoms with E-state index in [0.717, 1.165) is 54.7 Å². The lowest BCUT2D eigenvalue weighted by atomic mass is 10.0. The number of hydrogen-bond donors (Lipinski definition) is 1. The lowest BCUT2D eigenvalue weighted by Crippen LogP contribution is -2.40. The maximum Gasteiger partial charge on any atom is 0.326 e. The Morgan fingerprint density at radius 3 is 2.39 bits per heavy atom. The molecular formula is C25H28N4O3S. The van der Waals surface area contributed by atoms with Crippen LogP contribution in [0.4, 0.5) is 0 Å². The molecule has 1 N–H and O–H groups in total. The number of aromatic amines is 1. The summed E-state index contributed by atoms with van der Waals surface area (Å²) >= 11 is 1.45. The fraction of sp³-hybridized carbons (Fsp3) is 0.400. The average Bonchev–Trinajstić information content (AvgIpc) is 3.50. The average molecular weight is 465 g/mol. The molecule has 7 nitrogen and oxygen atoms in total. The van der Waals surface area contributed by atoms with Crippen molar-refractivity contribution >= 4 is 34.6 Å². The first kappa shape index (κ1) is 21.8. The quantitative estimate of drug-likeness (QED) is 0.586. The Hall–Kier alpha value is -3.00. The molecule has 33 heavy (non-hydrogen) atoms. The topological polar surface area (TPSA) is 78.4 Å².